The van der Waals surface area contributed by atoms with Crippen LogP contribution in [0.5, 0.6) is 5.75 Å². The fourth-order valence-corrected chi connectivity index (χ4v) is 2.85. The SMILES string of the molecule is COC(=O)NC(Cc1ccccc1)C(=O)Nc1cccc(OCCS(C)(=O)=O)c1. The molecule has 0 aliphatic carbocycles. The molecule has 0 saturated heterocycles. The van der Waals surface area contributed by atoms with Crippen molar-refractivity contribution in [2.24, 2.45) is 0 Å². The number of hydrogen-bond acceptors (Lipinski definition) is 6. The van der Waals surface area contributed by atoms with E-state index in [2.05, 4.69) is 15.4 Å². The van der Waals surface area contributed by atoms with Crippen LogP contribution in [-0.2, 0) is 25.8 Å². The minimum absolute atomic E-state index is 0.0107. The molecular formula is C20H24N2O6S. The molecule has 0 bridgehead atoms. The van der Waals surface area contributed by atoms with Crippen molar-refractivity contribution in [1.29, 1.82) is 0 Å². The Balaban J connectivity index is 2.05. The lowest BCUT2D eigenvalue weighted by atomic mass is 10.1. The van der Waals surface area contributed by atoms with Crippen LogP contribution in [0.3, 0.4) is 0 Å². The van der Waals surface area contributed by atoms with Gasteiger partial charge in [0.15, 0.2) is 9.84 Å². The van der Waals surface area contributed by atoms with Crippen LogP contribution in [0.25, 0.3) is 0 Å². The van der Waals surface area contributed by atoms with E-state index in [0.717, 1.165) is 11.8 Å². The summed E-state index contributed by atoms with van der Waals surface area (Å²) in [7, 11) is -1.90. The molecule has 2 amide bonds. The van der Waals surface area contributed by atoms with Crippen molar-refractivity contribution in [3.63, 3.8) is 0 Å². The Labute approximate surface area is 170 Å². The van der Waals surface area contributed by atoms with Crippen molar-refractivity contribution in [1.82, 2.24) is 5.32 Å². The molecule has 1 unspecified atom stereocenters. The predicted octanol–water partition coefficient (Wildman–Crippen LogP) is 2.02. The number of carbonyl (C=O) groups excluding carboxylic acids is 2. The number of sulfone groups is 1. The maximum Gasteiger partial charge on any atom is 0.407 e. The van der Waals surface area contributed by atoms with Crippen LogP contribution in [0, 0.1) is 0 Å². The maximum atomic E-state index is 12.7. The van der Waals surface area contributed by atoms with Crippen molar-refractivity contribution in [2.45, 2.75) is 12.5 Å². The number of nitrogens with one attached hydrogen (secondary N) is 2. The van der Waals surface area contributed by atoms with E-state index >= 15 is 0 Å². The lowest BCUT2D eigenvalue weighted by Gasteiger charge is -2.18. The number of benzene rings is 2. The van der Waals surface area contributed by atoms with E-state index < -0.39 is 27.9 Å². The highest BCUT2D eigenvalue weighted by Gasteiger charge is 2.22. The van der Waals surface area contributed by atoms with Gasteiger partial charge in [0, 0.05) is 24.4 Å². The topological polar surface area (TPSA) is 111 Å². The van der Waals surface area contributed by atoms with Gasteiger partial charge in [-0.15, -0.1) is 0 Å². The van der Waals surface area contributed by atoms with E-state index in [9.17, 15) is 18.0 Å². The summed E-state index contributed by atoms with van der Waals surface area (Å²) in [5, 5.41) is 5.26. The van der Waals surface area contributed by atoms with Gasteiger partial charge in [-0.25, -0.2) is 13.2 Å². The lowest BCUT2D eigenvalue weighted by molar-refractivity contribution is -0.118. The summed E-state index contributed by atoms with van der Waals surface area (Å²) >= 11 is 0. The Hall–Kier alpha value is -3.07. The van der Waals surface area contributed by atoms with Crippen molar-refractivity contribution in [3.05, 3.63) is 60.2 Å². The number of ether oxygens (including phenoxy) is 2. The minimum Gasteiger partial charge on any atom is -0.492 e. The molecule has 8 nitrogen and oxygen atoms in total. The largest absolute Gasteiger partial charge is 0.492 e. The van der Waals surface area contributed by atoms with Gasteiger partial charge in [-0.3, -0.25) is 4.79 Å². The van der Waals surface area contributed by atoms with Crippen LogP contribution in [-0.4, -0.2) is 52.2 Å². The average molecular weight is 420 g/mol. The van der Waals surface area contributed by atoms with Crippen LogP contribution in [0.15, 0.2) is 54.6 Å². The highest BCUT2D eigenvalue weighted by atomic mass is 32.2. The first-order valence-corrected chi connectivity index (χ1v) is 10.9. The second kappa shape index (κ2) is 10.5. The van der Waals surface area contributed by atoms with Crippen molar-refractivity contribution in [3.8, 4) is 5.75 Å². The zero-order chi connectivity index (χ0) is 21.3. The van der Waals surface area contributed by atoms with Crippen molar-refractivity contribution >= 4 is 27.5 Å². The minimum atomic E-state index is -3.13. The zero-order valence-corrected chi connectivity index (χ0v) is 17.1. The van der Waals surface area contributed by atoms with E-state index in [4.69, 9.17) is 4.74 Å². The van der Waals surface area contributed by atoms with Gasteiger partial charge in [-0.1, -0.05) is 36.4 Å². The van der Waals surface area contributed by atoms with Crippen LogP contribution >= 0.6 is 0 Å². The fourth-order valence-electron chi connectivity index (χ4n) is 2.46. The van der Waals surface area contributed by atoms with Crippen molar-refractivity contribution in [2.75, 3.05) is 31.0 Å². The first-order valence-electron chi connectivity index (χ1n) is 8.86. The molecule has 0 heterocycles. The highest BCUT2D eigenvalue weighted by molar-refractivity contribution is 7.90. The predicted molar refractivity (Wildman–Crippen MR) is 110 cm³/mol. The fraction of sp³-hybridized carbons (Fsp3) is 0.300. The summed E-state index contributed by atoms with van der Waals surface area (Å²) in [6.45, 7) is 0.0107. The van der Waals surface area contributed by atoms with Crippen molar-refractivity contribution < 1.29 is 27.5 Å². The maximum absolute atomic E-state index is 12.7. The third-order valence-corrected chi connectivity index (χ3v) is 4.81. The third kappa shape index (κ3) is 8.22. The summed E-state index contributed by atoms with van der Waals surface area (Å²) in [6.07, 6.45) is 0.708. The molecular weight excluding hydrogens is 396 g/mol. The normalized spacial score (nSPS) is 11.9. The Morgan fingerprint density at radius 3 is 2.45 bits per heavy atom. The van der Waals surface area contributed by atoms with Gasteiger partial charge in [-0.2, -0.15) is 0 Å². The standard InChI is InChI=1S/C20H24N2O6S/c1-27-20(24)22-18(13-15-7-4-3-5-8-15)19(23)21-16-9-6-10-17(14-16)28-11-12-29(2,25)26/h3-10,14,18H,11-13H2,1-2H3,(H,21,23)(H,22,24). The van der Waals surface area contributed by atoms with Crippen LogP contribution in [0.2, 0.25) is 0 Å². The Morgan fingerprint density at radius 2 is 1.79 bits per heavy atom. The first kappa shape index (κ1) is 22.2. The molecule has 2 N–H and O–H groups in total. The molecule has 0 saturated carbocycles. The zero-order valence-electron chi connectivity index (χ0n) is 16.3. The van der Waals surface area contributed by atoms with E-state index in [1.54, 1.807) is 24.3 Å². The molecule has 2 rings (SSSR count). The molecule has 0 aliphatic rings. The summed E-state index contributed by atoms with van der Waals surface area (Å²) in [4.78, 5) is 24.4. The van der Waals surface area contributed by atoms with Gasteiger partial charge in [0.2, 0.25) is 5.91 Å². The highest BCUT2D eigenvalue weighted by Crippen LogP contribution is 2.18. The second-order valence-corrected chi connectivity index (χ2v) is 8.63. The summed E-state index contributed by atoms with van der Waals surface area (Å²) in [5.74, 6) is -0.106. The second-order valence-electron chi connectivity index (χ2n) is 6.37. The number of hydrogen-bond donors (Lipinski definition) is 2. The quantitative estimate of drug-likeness (QED) is 0.642. The number of amides is 2. The molecule has 0 spiro atoms. The number of anilines is 1. The van der Waals surface area contributed by atoms with E-state index in [1.807, 2.05) is 30.3 Å². The van der Waals surface area contributed by atoms with Crippen LogP contribution < -0.4 is 15.4 Å². The lowest BCUT2D eigenvalue weighted by Crippen LogP contribution is -2.45. The summed E-state index contributed by atoms with van der Waals surface area (Å²) < 4.78 is 32.4. The first-order chi connectivity index (χ1) is 13.8. The van der Waals surface area contributed by atoms with Gasteiger partial charge in [0.1, 0.15) is 18.4 Å². The van der Waals surface area contributed by atoms with Gasteiger partial charge in [-0.05, 0) is 17.7 Å². The molecule has 9 heteroatoms. The molecule has 2 aromatic carbocycles. The average Bonchev–Trinajstić information content (AvgIpc) is 2.67. The van der Waals surface area contributed by atoms with Crippen LogP contribution in [0.1, 0.15) is 5.56 Å². The molecule has 0 aromatic heterocycles. The Kier molecular flexibility index (Phi) is 8.02. The molecule has 0 aliphatic heterocycles. The number of methoxy groups -OCH3 is 1. The molecule has 2 aromatic rings. The Morgan fingerprint density at radius 1 is 1.07 bits per heavy atom. The number of alkyl carbamates (subject to hydrolysis) is 1. The smallest absolute Gasteiger partial charge is 0.407 e. The molecule has 0 radical (unpaired) electrons. The van der Waals surface area contributed by atoms with E-state index in [-0.39, 0.29) is 18.8 Å². The molecule has 0 fully saturated rings. The van der Waals surface area contributed by atoms with Crippen LogP contribution in [0.4, 0.5) is 10.5 Å². The molecule has 156 valence electrons. The summed E-state index contributed by atoms with van der Waals surface area (Å²) in [5.41, 5.74) is 1.33. The third-order valence-electron chi connectivity index (χ3n) is 3.90. The van der Waals surface area contributed by atoms with Gasteiger partial charge in [0.05, 0.1) is 12.9 Å². The number of carbonyl (C=O) groups is 2. The van der Waals surface area contributed by atoms with Gasteiger partial charge >= 0.3 is 6.09 Å². The summed E-state index contributed by atoms with van der Waals surface area (Å²) in [6, 6.07) is 15.0. The molecule has 1 atom stereocenters. The Bertz CT molecular complexity index is 931. The van der Waals surface area contributed by atoms with Gasteiger partial charge in [0.25, 0.3) is 0 Å². The van der Waals surface area contributed by atoms with Gasteiger partial charge < -0.3 is 20.1 Å². The van der Waals surface area contributed by atoms with E-state index in [1.165, 1.54) is 7.11 Å². The number of rotatable bonds is 9. The molecule has 29 heavy (non-hydrogen) atoms. The van der Waals surface area contributed by atoms with E-state index in [0.29, 0.717) is 11.4 Å². The monoisotopic (exact) mass is 420 g/mol.